The molecule has 0 aromatic rings. The minimum Gasteiger partial charge on any atom is -0.481 e. The summed E-state index contributed by atoms with van der Waals surface area (Å²) in [5.74, 6) is -5.53. The number of carbonyl (C=O) groups is 6. The number of primary amides is 1. The normalized spacial score (nSPS) is 22.6. The summed E-state index contributed by atoms with van der Waals surface area (Å²) in [5.41, 5.74) is 10.7. The fourth-order valence-corrected chi connectivity index (χ4v) is 3.95. The molecular weight excluding hydrogens is 414 g/mol. The predicted molar refractivity (Wildman–Crippen MR) is 103 cm³/mol. The molecule has 13 nitrogen and oxygen atoms in total. The first-order valence-corrected chi connectivity index (χ1v) is 9.92. The van der Waals surface area contributed by atoms with Crippen molar-refractivity contribution in [2.24, 2.45) is 11.5 Å². The lowest BCUT2D eigenvalue weighted by Gasteiger charge is -2.30. The second-order valence-corrected chi connectivity index (χ2v) is 7.65. The largest absolute Gasteiger partial charge is 0.481 e. The van der Waals surface area contributed by atoms with E-state index in [2.05, 4.69) is 5.32 Å². The zero-order valence-corrected chi connectivity index (χ0v) is 16.9. The first-order chi connectivity index (χ1) is 14.5. The Morgan fingerprint density at radius 2 is 1.45 bits per heavy atom. The van der Waals surface area contributed by atoms with Gasteiger partial charge in [0.05, 0.1) is 18.9 Å². The van der Waals surface area contributed by atoms with E-state index in [1.165, 1.54) is 4.90 Å². The number of carboxylic acid groups (broad SMARTS) is 2. The Kier molecular flexibility index (Phi) is 7.91. The zero-order valence-electron chi connectivity index (χ0n) is 16.9. The number of amides is 4. The molecule has 172 valence electrons. The van der Waals surface area contributed by atoms with Crippen LogP contribution in [0.5, 0.6) is 0 Å². The molecule has 7 N–H and O–H groups in total. The number of likely N-dealkylation sites (tertiary alicyclic amines) is 2. The Bertz CT molecular complexity index is 772. The van der Waals surface area contributed by atoms with Crippen LogP contribution in [0.4, 0.5) is 0 Å². The van der Waals surface area contributed by atoms with Crippen molar-refractivity contribution < 1.29 is 39.0 Å². The molecule has 0 aromatic carbocycles. The second-order valence-electron chi connectivity index (χ2n) is 7.65. The fourth-order valence-electron chi connectivity index (χ4n) is 3.95. The number of hydrogen-bond donors (Lipinski definition) is 5. The van der Waals surface area contributed by atoms with Gasteiger partial charge in [-0.1, -0.05) is 0 Å². The molecule has 2 heterocycles. The van der Waals surface area contributed by atoms with Crippen LogP contribution in [0.1, 0.15) is 38.5 Å². The summed E-state index contributed by atoms with van der Waals surface area (Å²) in [7, 11) is 0. The van der Waals surface area contributed by atoms with Gasteiger partial charge in [-0.15, -0.1) is 0 Å². The molecule has 0 radical (unpaired) electrons. The number of nitrogens with one attached hydrogen (secondary N) is 1. The van der Waals surface area contributed by atoms with E-state index in [1.807, 2.05) is 0 Å². The van der Waals surface area contributed by atoms with Crippen molar-refractivity contribution in [1.29, 1.82) is 0 Å². The van der Waals surface area contributed by atoms with Crippen LogP contribution in [-0.4, -0.2) is 92.8 Å². The van der Waals surface area contributed by atoms with Gasteiger partial charge in [-0.25, -0.2) is 4.79 Å². The number of carbonyl (C=O) groups excluding carboxylic acids is 4. The lowest BCUT2D eigenvalue weighted by molar-refractivity contribution is -0.151. The van der Waals surface area contributed by atoms with Crippen LogP contribution in [0.2, 0.25) is 0 Å². The summed E-state index contributed by atoms with van der Waals surface area (Å²) in [6.07, 6.45) is 0.273. The van der Waals surface area contributed by atoms with Gasteiger partial charge in [-0.3, -0.25) is 24.0 Å². The van der Waals surface area contributed by atoms with Crippen LogP contribution >= 0.6 is 0 Å². The maximum atomic E-state index is 12.8. The maximum Gasteiger partial charge on any atom is 0.326 e. The van der Waals surface area contributed by atoms with Gasteiger partial charge in [0.15, 0.2) is 0 Å². The third-order valence-electron chi connectivity index (χ3n) is 5.39. The highest BCUT2D eigenvalue weighted by molar-refractivity contribution is 5.96. The van der Waals surface area contributed by atoms with E-state index in [0.717, 1.165) is 4.90 Å². The van der Waals surface area contributed by atoms with Gasteiger partial charge in [-0.2, -0.15) is 0 Å². The van der Waals surface area contributed by atoms with E-state index in [1.54, 1.807) is 0 Å². The van der Waals surface area contributed by atoms with Crippen LogP contribution in [-0.2, 0) is 28.8 Å². The number of aliphatic carboxylic acids is 2. The standard InChI is InChI=1S/C18H27N5O8/c19-9(7-13(20)24)16(28)22-5-1-3-11(22)15(27)21-10(8-14(25)26)17(29)23-6-2-4-12(23)18(30)31/h9-12H,1-8,19H2,(H2,20,24)(H,21,27)(H,25,26)(H,30,31). The summed E-state index contributed by atoms with van der Waals surface area (Å²) < 4.78 is 0. The van der Waals surface area contributed by atoms with Gasteiger partial charge in [-0.05, 0) is 25.7 Å². The number of rotatable bonds is 9. The summed E-state index contributed by atoms with van der Waals surface area (Å²) in [4.78, 5) is 74.0. The SMILES string of the molecule is NC(=O)CC(N)C(=O)N1CCCC1C(=O)NC(CC(=O)O)C(=O)N1CCCC1C(=O)O. The van der Waals surface area contributed by atoms with E-state index < -0.39 is 72.6 Å². The smallest absolute Gasteiger partial charge is 0.326 e. The topological polar surface area (TPSA) is 213 Å². The molecule has 4 amide bonds. The molecule has 31 heavy (non-hydrogen) atoms. The van der Waals surface area contributed by atoms with Crippen LogP contribution in [0.3, 0.4) is 0 Å². The van der Waals surface area contributed by atoms with E-state index in [-0.39, 0.29) is 25.9 Å². The number of nitrogens with two attached hydrogens (primary N) is 2. The third-order valence-corrected chi connectivity index (χ3v) is 5.39. The average molecular weight is 441 g/mol. The van der Waals surface area contributed by atoms with Gasteiger partial charge in [0.25, 0.3) is 0 Å². The third kappa shape index (κ3) is 5.90. The molecule has 2 aliphatic rings. The number of carboxylic acids is 2. The van der Waals surface area contributed by atoms with Crippen molar-refractivity contribution in [3.05, 3.63) is 0 Å². The van der Waals surface area contributed by atoms with Gasteiger partial charge in [0.1, 0.15) is 18.1 Å². The molecule has 2 rings (SSSR count). The highest BCUT2D eigenvalue weighted by atomic mass is 16.4. The lowest BCUT2D eigenvalue weighted by Crippen LogP contribution is -2.57. The maximum absolute atomic E-state index is 12.8. The monoisotopic (exact) mass is 441 g/mol. The van der Waals surface area contributed by atoms with E-state index >= 15 is 0 Å². The Hall–Kier alpha value is -3.22. The molecule has 2 aliphatic heterocycles. The molecule has 2 saturated heterocycles. The molecule has 0 saturated carbocycles. The highest BCUT2D eigenvalue weighted by Gasteiger charge is 2.41. The Morgan fingerprint density at radius 3 is 1.97 bits per heavy atom. The summed E-state index contributed by atoms with van der Waals surface area (Å²) >= 11 is 0. The Labute approximate surface area is 177 Å². The number of nitrogens with zero attached hydrogens (tertiary/aromatic N) is 2. The van der Waals surface area contributed by atoms with Crippen molar-refractivity contribution in [2.45, 2.75) is 62.7 Å². The lowest BCUT2D eigenvalue weighted by atomic mass is 10.1. The van der Waals surface area contributed by atoms with E-state index in [9.17, 15) is 33.9 Å². The first kappa shape index (κ1) is 24.1. The molecule has 13 heteroatoms. The van der Waals surface area contributed by atoms with Crippen LogP contribution in [0.25, 0.3) is 0 Å². The second kappa shape index (κ2) is 10.2. The van der Waals surface area contributed by atoms with Gasteiger partial charge >= 0.3 is 11.9 Å². The van der Waals surface area contributed by atoms with Gasteiger partial charge in [0.2, 0.25) is 23.6 Å². The fraction of sp³-hybridized carbons (Fsp3) is 0.667. The summed E-state index contributed by atoms with van der Waals surface area (Å²) in [6.45, 7) is 0.339. The van der Waals surface area contributed by atoms with Crippen LogP contribution in [0.15, 0.2) is 0 Å². The minimum atomic E-state index is -1.48. The van der Waals surface area contributed by atoms with Crippen molar-refractivity contribution in [1.82, 2.24) is 15.1 Å². The quantitative estimate of drug-likeness (QED) is 0.250. The molecule has 0 spiro atoms. The molecular formula is C18H27N5O8. The predicted octanol–water partition coefficient (Wildman–Crippen LogP) is -2.78. The Balaban J connectivity index is 2.13. The first-order valence-electron chi connectivity index (χ1n) is 9.92. The average Bonchev–Trinajstić information content (AvgIpc) is 3.34. The minimum absolute atomic E-state index is 0.137. The number of hydrogen-bond acceptors (Lipinski definition) is 7. The molecule has 2 fully saturated rings. The van der Waals surface area contributed by atoms with Crippen molar-refractivity contribution in [2.75, 3.05) is 13.1 Å². The van der Waals surface area contributed by atoms with Crippen molar-refractivity contribution in [3.8, 4) is 0 Å². The Morgan fingerprint density at radius 1 is 0.903 bits per heavy atom. The van der Waals surface area contributed by atoms with Gasteiger partial charge in [0, 0.05) is 13.1 Å². The molecule has 0 aromatic heterocycles. The molecule has 4 unspecified atom stereocenters. The van der Waals surface area contributed by atoms with E-state index in [0.29, 0.717) is 12.8 Å². The van der Waals surface area contributed by atoms with Crippen LogP contribution in [0, 0.1) is 0 Å². The van der Waals surface area contributed by atoms with Crippen molar-refractivity contribution >= 4 is 35.6 Å². The van der Waals surface area contributed by atoms with Crippen molar-refractivity contribution in [3.63, 3.8) is 0 Å². The molecule has 0 bridgehead atoms. The van der Waals surface area contributed by atoms with Crippen LogP contribution < -0.4 is 16.8 Å². The summed E-state index contributed by atoms with van der Waals surface area (Å²) in [5, 5.41) is 20.8. The molecule has 4 atom stereocenters. The van der Waals surface area contributed by atoms with E-state index in [4.69, 9.17) is 16.6 Å². The summed E-state index contributed by atoms with van der Waals surface area (Å²) in [6, 6.07) is -4.79. The zero-order chi connectivity index (χ0) is 23.3. The highest BCUT2D eigenvalue weighted by Crippen LogP contribution is 2.21. The molecule has 0 aliphatic carbocycles. The van der Waals surface area contributed by atoms with Gasteiger partial charge < -0.3 is 36.8 Å².